The van der Waals surface area contributed by atoms with Crippen LogP contribution >= 0.6 is 0 Å². The molecule has 1 atom stereocenters. The summed E-state index contributed by atoms with van der Waals surface area (Å²) in [6, 6.07) is 0.474. The fourth-order valence-electron chi connectivity index (χ4n) is 3.04. The second-order valence-corrected chi connectivity index (χ2v) is 5.88. The summed E-state index contributed by atoms with van der Waals surface area (Å²) in [5.41, 5.74) is -1.14. The van der Waals surface area contributed by atoms with Gasteiger partial charge in [0.05, 0.1) is 12.1 Å². The van der Waals surface area contributed by atoms with Gasteiger partial charge in [0, 0.05) is 17.5 Å². The van der Waals surface area contributed by atoms with Gasteiger partial charge < -0.3 is 9.64 Å². The number of fused-ring (bicyclic) bond motifs is 1. The van der Waals surface area contributed by atoms with Crippen LogP contribution in [0.25, 0.3) is 0 Å². The van der Waals surface area contributed by atoms with Crippen molar-refractivity contribution in [3.63, 3.8) is 0 Å². The Bertz CT molecular complexity index is 806. The van der Waals surface area contributed by atoms with Crippen LogP contribution in [0.15, 0.2) is 12.1 Å². The topological polar surface area (TPSA) is 92.8 Å². The van der Waals surface area contributed by atoms with Crippen LogP contribution in [-0.2, 0) is 27.1 Å². The first-order valence-electron chi connectivity index (χ1n) is 7.67. The van der Waals surface area contributed by atoms with Gasteiger partial charge in [-0.15, -0.1) is 0 Å². The number of halogens is 3. The Morgan fingerprint density at radius 1 is 1.27 bits per heavy atom. The summed E-state index contributed by atoms with van der Waals surface area (Å²) in [5.74, 6) is -2.12. The molecule has 0 aliphatic carbocycles. The van der Waals surface area contributed by atoms with Gasteiger partial charge >= 0.3 is 6.18 Å². The van der Waals surface area contributed by atoms with E-state index in [2.05, 4.69) is 5.32 Å². The van der Waals surface area contributed by atoms with E-state index in [0.29, 0.717) is 12.4 Å². The standard InChI is InChI=1S/C16H13F3N2O5/c17-16(18,19)8-5-9-10(12(6-8)26-4-3-22)7-21(15(9)25)11-1-2-13(23)20-14(11)24/h3,5-6,11H,1-2,4,7H2,(H,20,23,24). The molecule has 3 rings (SSSR count). The van der Waals surface area contributed by atoms with E-state index in [9.17, 15) is 32.3 Å². The molecule has 1 fully saturated rings. The van der Waals surface area contributed by atoms with Crippen molar-refractivity contribution in [1.29, 1.82) is 0 Å². The van der Waals surface area contributed by atoms with Gasteiger partial charge in [-0.3, -0.25) is 24.5 Å². The lowest BCUT2D eigenvalue weighted by atomic mass is 10.0. The lowest BCUT2D eigenvalue weighted by Gasteiger charge is -2.29. The van der Waals surface area contributed by atoms with Crippen molar-refractivity contribution in [2.24, 2.45) is 0 Å². The third kappa shape index (κ3) is 3.14. The zero-order valence-corrected chi connectivity index (χ0v) is 13.3. The van der Waals surface area contributed by atoms with E-state index in [1.54, 1.807) is 0 Å². The molecule has 10 heteroatoms. The zero-order valence-electron chi connectivity index (χ0n) is 13.3. The first kappa shape index (κ1) is 17.9. The predicted molar refractivity (Wildman–Crippen MR) is 79.0 cm³/mol. The predicted octanol–water partition coefficient (Wildman–Crippen LogP) is 1.04. The Hall–Kier alpha value is -2.91. The number of piperidine rings is 1. The minimum atomic E-state index is -4.71. The van der Waals surface area contributed by atoms with Crippen molar-refractivity contribution >= 4 is 24.0 Å². The Morgan fingerprint density at radius 3 is 2.62 bits per heavy atom. The molecule has 2 aliphatic rings. The SMILES string of the molecule is O=CCOc1cc(C(F)(F)F)cc2c1CN(C1CCC(=O)NC1=O)C2=O. The third-order valence-corrected chi connectivity index (χ3v) is 4.25. The number of carbonyl (C=O) groups excluding carboxylic acids is 4. The van der Waals surface area contributed by atoms with Gasteiger partial charge in [-0.2, -0.15) is 13.2 Å². The first-order chi connectivity index (χ1) is 12.2. The van der Waals surface area contributed by atoms with Gasteiger partial charge in [0.1, 0.15) is 18.4 Å². The van der Waals surface area contributed by atoms with Gasteiger partial charge in [-0.05, 0) is 18.6 Å². The molecule has 2 aliphatic heterocycles. The molecule has 1 unspecified atom stereocenters. The number of aldehydes is 1. The molecule has 0 aromatic heterocycles. The van der Waals surface area contributed by atoms with Gasteiger partial charge in [0.2, 0.25) is 11.8 Å². The summed E-state index contributed by atoms with van der Waals surface area (Å²) in [6.45, 7) is -0.618. The van der Waals surface area contributed by atoms with Gasteiger partial charge in [-0.1, -0.05) is 0 Å². The van der Waals surface area contributed by atoms with Crippen molar-refractivity contribution in [3.8, 4) is 5.75 Å². The number of ether oxygens (including phenoxy) is 1. The average Bonchev–Trinajstić information content (AvgIpc) is 2.89. The molecule has 0 spiro atoms. The number of hydrogen-bond acceptors (Lipinski definition) is 5. The maximum atomic E-state index is 13.1. The summed E-state index contributed by atoms with van der Waals surface area (Å²) < 4.78 is 44.3. The first-order valence-corrected chi connectivity index (χ1v) is 7.67. The molecule has 26 heavy (non-hydrogen) atoms. The highest BCUT2D eigenvalue weighted by atomic mass is 19.4. The average molecular weight is 370 g/mol. The van der Waals surface area contributed by atoms with E-state index < -0.39 is 42.1 Å². The van der Waals surface area contributed by atoms with E-state index in [1.165, 1.54) is 0 Å². The monoisotopic (exact) mass is 370 g/mol. The van der Waals surface area contributed by atoms with Crippen molar-refractivity contribution in [1.82, 2.24) is 10.2 Å². The molecule has 3 amide bonds. The summed E-state index contributed by atoms with van der Waals surface area (Å²) >= 11 is 0. The summed E-state index contributed by atoms with van der Waals surface area (Å²) in [5, 5.41) is 2.11. The molecule has 7 nitrogen and oxygen atoms in total. The largest absolute Gasteiger partial charge is 0.486 e. The second-order valence-electron chi connectivity index (χ2n) is 5.88. The van der Waals surface area contributed by atoms with Crippen LogP contribution in [-0.4, -0.2) is 41.6 Å². The van der Waals surface area contributed by atoms with E-state index in [4.69, 9.17) is 4.74 Å². The number of nitrogens with one attached hydrogen (secondary N) is 1. The molecule has 2 heterocycles. The Kier molecular flexibility index (Phi) is 4.43. The number of nitrogens with zero attached hydrogens (tertiary/aromatic N) is 1. The van der Waals surface area contributed by atoms with E-state index >= 15 is 0 Å². The quantitative estimate of drug-likeness (QED) is 0.632. The van der Waals surface area contributed by atoms with Crippen LogP contribution in [0.2, 0.25) is 0 Å². The number of imide groups is 1. The normalized spacial score (nSPS) is 20.0. The number of benzene rings is 1. The van der Waals surface area contributed by atoms with E-state index in [0.717, 1.165) is 11.0 Å². The second kappa shape index (κ2) is 6.43. The smallest absolute Gasteiger partial charge is 0.416 e. The fourth-order valence-corrected chi connectivity index (χ4v) is 3.04. The number of carbonyl (C=O) groups is 4. The molecule has 1 aromatic carbocycles. The minimum Gasteiger partial charge on any atom is -0.486 e. The lowest BCUT2D eigenvalue weighted by molar-refractivity contribution is -0.138. The maximum Gasteiger partial charge on any atom is 0.416 e. The van der Waals surface area contributed by atoms with Crippen molar-refractivity contribution in [2.45, 2.75) is 31.6 Å². The van der Waals surface area contributed by atoms with Crippen LogP contribution in [0.5, 0.6) is 5.75 Å². The number of alkyl halides is 3. The van der Waals surface area contributed by atoms with Gasteiger partial charge in [0.25, 0.3) is 5.91 Å². The number of rotatable bonds is 4. The van der Waals surface area contributed by atoms with Crippen molar-refractivity contribution in [2.75, 3.05) is 6.61 Å². The van der Waals surface area contributed by atoms with E-state index in [1.807, 2.05) is 0 Å². The molecular weight excluding hydrogens is 357 g/mol. The molecular formula is C16H13F3N2O5. The summed E-state index contributed by atoms with van der Waals surface area (Å²) in [4.78, 5) is 47.4. The molecule has 1 saturated heterocycles. The third-order valence-electron chi connectivity index (χ3n) is 4.25. The molecule has 138 valence electrons. The van der Waals surface area contributed by atoms with Gasteiger partial charge in [-0.25, -0.2) is 0 Å². The minimum absolute atomic E-state index is 0.0266. The highest BCUT2D eigenvalue weighted by Crippen LogP contribution is 2.39. The van der Waals surface area contributed by atoms with Crippen molar-refractivity contribution in [3.05, 3.63) is 28.8 Å². The molecule has 0 bridgehead atoms. The molecule has 0 radical (unpaired) electrons. The fraction of sp³-hybridized carbons (Fsp3) is 0.375. The molecule has 0 saturated carbocycles. The Labute approximate surface area is 145 Å². The van der Waals surface area contributed by atoms with Crippen LogP contribution < -0.4 is 10.1 Å². The summed E-state index contributed by atoms with van der Waals surface area (Å²) in [7, 11) is 0. The van der Waals surface area contributed by atoms with Crippen LogP contribution in [0, 0.1) is 0 Å². The molecule has 1 N–H and O–H groups in total. The summed E-state index contributed by atoms with van der Waals surface area (Å²) in [6.07, 6.45) is -4.22. The maximum absolute atomic E-state index is 13.1. The highest BCUT2D eigenvalue weighted by Gasteiger charge is 2.42. The number of amides is 3. The number of hydrogen-bond donors (Lipinski definition) is 1. The van der Waals surface area contributed by atoms with E-state index in [-0.39, 0.29) is 36.3 Å². The van der Waals surface area contributed by atoms with Crippen molar-refractivity contribution < 1.29 is 37.1 Å². The highest BCUT2D eigenvalue weighted by molar-refractivity contribution is 6.05. The van der Waals surface area contributed by atoms with Crippen LogP contribution in [0.1, 0.15) is 34.3 Å². The Morgan fingerprint density at radius 2 is 2.00 bits per heavy atom. The van der Waals surface area contributed by atoms with Crippen LogP contribution in [0.3, 0.4) is 0 Å². The lowest BCUT2D eigenvalue weighted by Crippen LogP contribution is -2.52. The molecule has 1 aromatic rings. The van der Waals surface area contributed by atoms with Gasteiger partial charge in [0.15, 0.2) is 6.29 Å². The van der Waals surface area contributed by atoms with Crippen LogP contribution in [0.4, 0.5) is 13.2 Å². The Balaban J connectivity index is 1.98. The zero-order chi connectivity index (χ0) is 19.1.